The van der Waals surface area contributed by atoms with Crippen molar-refractivity contribution in [3.05, 3.63) is 11.8 Å². The second kappa shape index (κ2) is 5.82. The summed E-state index contributed by atoms with van der Waals surface area (Å²) in [5, 5.41) is 3.41. The van der Waals surface area contributed by atoms with Gasteiger partial charge in [0.05, 0.1) is 0 Å². The fourth-order valence-corrected chi connectivity index (χ4v) is 1.67. The standard InChI is InChI=1S/C10H16N2O2S/c1-3-5-8-9(13)12(10(15)11-8)6-4-7-14-2/h5H,3-4,6-7H2,1-2H3,(H,11,15)/b8-5+. The van der Waals surface area contributed by atoms with E-state index in [1.54, 1.807) is 12.0 Å². The Balaban J connectivity index is 2.55. The molecule has 0 aromatic rings. The number of hydrogen-bond donors (Lipinski definition) is 1. The molecule has 1 saturated heterocycles. The van der Waals surface area contributed by atoms with Gasteiger partial charge in [-0.15, -0.1) is 0 Å². The lowest BCUT2D eigenvalue weighted by Crippen LogP contribution is -2.32. The Morgan fingerprint density at radius 2 is 2.33 bits per heavy atom. The molecule has 0 bridgehead atoms. The lowest BCUT2D eigenvalue weighted by Gasteiger charge is -2.12. The summed E-state index contributed by atoms with van der Waals surface area (Å²) in [5.41, 5.74) is 0.597. The van der Waals surface area contributed by atoms with Gasteiger partial charge in [0.2, 0.25) is 0 Å². The molecule has 0 atom stereocenters. The molecule has 1 aliphatic rings. The van der Waals surface area contributed by atoms with Crippen LogP contribution in [0.2, 0.25) is 0 Å². The molecule has 0 aromatic carbocycles. The zero-order chi connectivity index (χ0) is 11.3. The molecule has 5 heteroatoms. The maximum Gasteiger partial charge on any atom is 0.276 e. The highest BCUT2D eigenvalue weighted by molar-refractivity contribution is 7.80. The minimum Gasteiger partial charge on any atom is -0.385 e. The molecule has 84 valence electrons. The van der Waals surface area contributed by atoms with Gasteiger partial charge in [0, 0.05) is 20.3 Å². The number of rotatable bonds is 5. The number of thiocarbonyl (C=S) groups is 1. The van der Waals surface area contributed by atoms with Crippen molar-refractivity contribution in [2.45, 2.75) is 19.8 Å². The van der Waals surface area contributed by atoms with Crippen LogP contribution in [0, 0.1) is 0 Å². The highest BCUT2D eigenvalue weighted by atomic mass is 32.1. The van der Waals surface area contributed by atoms with Crippen molar-refractivity contribution < 1.29 is 9.53 Å². The van der Waals surface area contributed by atoms with Gasteiger partial charge in [-0.25, -0.2) is 0 Å². The molecule has 1 heterocycles. The van der Waals surface area contributed by atoms with Crippen LogP contribution in [-0.4, -0.2) is 36.2 Å². The third kappa shape index (κ3) is 3.00. The SMILES string of the molecule is CC/C=C1/NC(=S)N(CCCOC)C1=O. The molecule has 0 spiro atoms. The third-order valence-corrected chi connectivity index (χ3v) is 2.42. The largest absolute Gasteiger partial charge is 0.385 e. The van der Waals surface area contributed by atoms with Crippen LogP contribution in [0.3, 0.4) is 0 Å². The average Bonchev–Trinajstić information content (AvgIpc) is 2.46. The van der Waals surface area contributed by atoms with E-state index in [4.69, 9.17) is 17.0 Å². The summed E-state index contributed by atoms with van der Waals surface area (Å²) in [6, 6.07) is 0. The Morgan fingerprint density at radius 3 is 2.93 bits per heavy atom. The zero-order valence-electron chi connectivity index (χ0n) is 9.08. The van der Waals surface area contributed by atoms with Crippen molar-refractivity contribution in [1.29, 1.82) is 0 Å². The van der Waals surface area contributed by atoms with E-state index in [0.29, 0.717) is 24.0 Å². The van der Waals surface area contributed by atoms with E-state index >= 15 is 0 Å². The van der Waals surface area contributed by atoms with Crippen molar-refractivity contribution >= 4 is 23.2 Å². The average molecular weight is 228 g/mol. The molecular weight excluding hydrogens is 212 g/mol. The predicted octanol–water partition coefficient (Wildman–Crippen LogP) is 1.03. The van der Waals surface area contributed by atoms with E-state index in [1.165, 1.54) is 0 Å². The van der Waals surface area contributed by atoms with Gasteiger partial charge in [-0.3, -0.25) is 9.69 Å². The first-order chi connectivity index (χ1) is 7.20. The lowest BCUT2D eigenvalue weighted by atomic mass is 10.3. The molecule has 1 fully saturated rings. The van der Waals surface area contributed by atoms with Crippen molar-refractivity contribution in [1.82, 2.24) is 10.2 Å². The molecule has 1 amide bonds. The Morgan fingerprint density at radius 1 is 1.60 bits per heavy atom. The van der Waals surface area contributed by atoms with Crippen LogP contribution in [0.25, 0.3) is 0 Å². The topological polar surface area (TPSA) is 41.6 Å². The summed E-state index contributed by atoms with van der Waals surface area (Å²) < 4.78 is 4.93. The fourth-order valence-electron chi connectivity index (χ4n) is 1.39. The Kier molecular flexibility index (Phi) is 4.71. The summed E-state index contributed by atoms with van der Waals surface area (Å²) >= 11 is 5.07. The summed E-state index contributed by atoms with van der Waals surface area (Å²) in [6.07, 6.45) is 3.47. The van der Waals surface area contributed by atoms with Crippen LogP contribution in [-0.2, 0) is 9.53 Å². The number of amides is 1. The molecule has 0 radical (unpaired) electrons. The molecule has 1 N–H and O–H groups in total. The quantitative estimate of drug-likeness (QED) is 0.433. The minimum absolute atomic E-state index is 0.0297. The summed E-state index contributed by atoms with van der Waals surface area (Å²) in [7, 11) is 1.64. The number of nitrogens with zero attached hydrogens (tertiary/aromatic N) is 1. The first kappa shape index (κ1) is 12.1. The van der Waals surface area contributed by atoms with Gasteiger partial charge in [0.1, 0.15) is 5.70 Å². The molecule has 0 aromatic heterocycles. The van der Waals surface area contributed by atoms with E-state index in [2.05, 4.69) is 5.32 Å². The molecule has 15 heavy (non-hydrogen) atoms. The first-order valence-corrected chi connectivity index (χ1v) is 5.43. The zero-order valence-corrected chi connectivity index (χ0v) is 9.89. The van der Waals surface area contributed by atoms with Crippen LogP contribution >= 0.6 is 12.2 Å². The van der Waals surface area contributed by atoms with Gasteiger partial charge in [-0.05, 0) is 25.1 Å². The maximum absolute atomic E-state index is 11.8. The van der Waals surface area contributed by atoms with Crippen LogP contribution in [0.4, 0.5) is 0 Å². The maximum atomic E-state index is 11.8. The minimum atomic E-state index is -0.0297. The second-order valence-corrected chi connectivity index (χ2v) is 3.65. The van der Waals surface area contributed by atoms with E-state index in [1.807, 2.05) is 13.0 Å². The smallest absolute Gasteiger partial charge is 0.276 e. The number of carbonyl (C=O) groups excluding carboxylic acids is 1. The second-order valence-electron chi connectivity index (χ2n) is 3.26. The van der Waals surface area contributed by atoms with Gasteiger partial charge < -0.3 is 10.1 Å². The number of hydrogen-bond acceptors (Lipinski definition) is 3. The van der Waals surface area contributed by atoms with E-state index in [0.717, 1.165) is 12.8 Å². The Labute approximate surface area is 95.3 Å². The monoisotopic (exact) mass is 228 g/mol. The van der Waals surface area contributed by atoms with E-state index < -0.39 is 0 Å². The van der Waals surface area contributed by atoms with Crippen LogP contribution < -0.4 is 5.32 Å². The summed E-state index contributed by atoms with van der Waals surface area (Å²) in [4.78, 5) is 13.3. The molecular formula is C10H16N2O2S. The number of carbonyl (C=O) groups is 1. The van der Waals surface area contributed by atoms with Crippen LogP contribution in [0.5, 0.6) is 0 Å². The molecule has 1 rings (SSSR count). The number of ether oxygens (including phenoxy) is 1. The van der Waals surface area contributed by atoms with Gasteiger partial charge in [-0.1, -0.05) is 13.0 Å². The molecule has 1 aliphatic heterocycles. The highest BCUT2D eigenvalue weighted by Gasteiger charge is 2.29. The first-order valence-electron chi connectivity index (χ1n) is 5.02. The van der Waals surface area contributed by atoms with E-state index in [9.17, 15) is 4.79 Å². The molecule has 0 aliphatic carbocycles. The van der Waals surface area contributed by atoms with Gasteiger partial charge in [0.25, 0.3) is 5.91 Å². The van der Waals surface area contributed by atoms with Crippen LogP contribution in [0.15, 0.2) is 11.8 Å². The third-order valence-electron chi connectivity index (χ3n) is 2.10. The number of methoxy groups -OCH3 is 1. The normalized spacial score (nSPS) is 18.8. The van der Waals surface area contributed by atoms with Gasteiger partial charge in [0.15, 0.2) is 5.11 Å². The van der Waals surface area contributed by atoms with Crippen molar-refractivity contribution in [2.24, 2.45) is 0 Å². The summed E-state index contributed by atoms with van der Waals surface area (Å²) in [5.74, 6) is -0.0297. The van der Waals surface area contributed by atoms with Crippen LogP contribution in [0.1, 0.15) is 19.8 Å². The van der Waals surface area contributed by atoms with Crippen molar-refractivity contribution in [3.63, 3.8) is 0 Å². The Bertz CT molecular complexity index is 289. The number of allylic oxidation sites excluding steroid dienone is 1. The predicted molar refractivity (Wildman–Crippen MR) is 62.3 cm³/mol. The lowest BCUT2D eigenvalue weighted by molar-refractivity contribution is -0.122. The molecule has 0 unspecified atom stereocenters. The van der Waals surface area contributed by atoms with E-state index in [-0.39, 0.29) is 5.91 Å². The number of nitrogens with one attached hydrogen (secondary N) is 1. The highest BCUT2D eigenvalue weighted by Crippen LogP contribution is 2.10. The van der Waals surface area contributed by atoms with Crippen molar-refractivity contribution in [3.8, 4) is 0 Å². The Hall–Kier alpha value is -0.940. The van der Waals surface area contributed by atoms with Crippen molar-refractivity contribution in [2.75, 3.05) is 20.3 Å². The van der Waals surface area contributed by atoms with Gasteiger partial charge in [-0.2, -0.15) is 0 Å². The van der Waals surface area contributed by atoms with Gasteiger partial charge >= 0.3 is 0 Å². The molecule has 4 nitrogen and oxygen atoms in total. The summed E-state index contributed by atoms with van der Waals surface area (Å²) in [6.45, 7) is 3.23. The molecule has 0 saturated carbocycles. The fraction of sp³-hybridized carbons (Fsp3) is 0.600.